The molecule has 1 fully saturated rings. The molecule has 0 aromatic carbocycles. The Bertz CT molecular complexity index is 385. The monoisotopic (exact) mass is 241 g/mol. The first-order valence-corrected chi connectivity index (χ1v) is 6.13. The Balaban J connectivity index is 1.88. The number of carbonyl (C=O) groups excluding carboxylic acids is 1. The molecule has 6 heteroatoms. The van der Waals surface area contributed by atoms with Crippen molar-refractivity contribution in [2.45, 2.75) is 38.8 Å². The minimum Gasteiger partial charge on any atom is -0.365 e. The Morgan fingerprint density at radius 2 is 2.44 bits per heavy atom. The first kappa shape index (κ1) is 11.5. The Labute approximate surface area is 98.2 Å². The van der Waals surface area contributed by atoms with Gasteiger partial charge in [0.05, 0.1) is 6.54 Å². The van der Waals surface area contributed by atoms with Crippen LogP contribution in [0, 0.1) is 6.92 Å². The van der Waals surface area contributed by atoms with Gasteiger partial charge in [0.25, 0.3) is 5.91 Å². The van der Waals surface area contributed by atoms with Crippen LogP contribution < -0.4 is 5.32 Å². The van der Waals surface area contributed by atoms with Gasteiger partial charge in [0.2, 0.25) is 0 Å². The molecule has 0 aliphatic carbocycles. The molecule has 2 rings (SSSR count). The average Bonchev–Trinajstić information content (AvgIpc) is 2.85. The van der Waals surface area contributed by atoms with Crippen molar-refractivity contribution in [2.24, 2.45) is 0 Å². The van der Waals surface area contributed by atoms with Gasteiger partial charge < -0.3 is 10.1 Å². The zero-order valence-electron chi connectivity index (χ0n) is 9.45. The van der Waals surface area contributed by atoms with Crippen LogP contribution in [-0.4, -0.2) is 28.3 Å². The second kappa shape index (κ2) is 4.47. The van der Waals surface area contributed by atoms with Crippen molar-refractivity contribution < 1.29 is 9.53 Å². The van der Waals surface area contributed by atoms with E-state index in [4.69, 9.17) is 4.74 Å². The van der Waals surface area contributed by atoms with Gasteiger partial charge in [0, 0.05) is 6.61 Å². The summed E-state index contributed by atoms with van der Waals surface area (Å²) in [6, 6.07) is 0. The van der Waals surface area contributed by atoms with Gasteiger partial charge in [0.15, 0.2) is 0 Å². The molecule has 2 heterocycles. The van der Waals surface area contributed by atoms with Crippen molar-refractivity contribution in [1.82, 2.24) is 15.5 Å². The summed E-state index contributed by atoms with van der Waals surface area (Å²) in [6.07, 6.45) is 1.73. The minimum absolute atomic E-state index is 0.0575. The summed E-state index contributed by atoms with van der Waals surface area (Å²) < 4.78 is 5.45. The molecule has 1 aliphatic rings. The molecule has 1 amide bonds. The van der Waals surface area contributed by atoms with Gasteiger partial charge >= 0.3 is 0 Å². The predicted molar refractivity (Wildman–Crippen MR) is 60.1 cm³/mol. The van der Waals surface area contributed by atoms with E-state index in [0.717, 1.165) is 22.9 Å². The molecule has 1 atom stereocenters. The van der Waals surface area contributed by atoms with Crippen LogP contribution in [-0.2, 0) is 16.1 Å². The van der Waals surface area contributed by atoms with Crippen molar-refractivity contribution >= 4 is 17.2 Å². The van der Waals surface area contributed by atoms with Crippen LogP contribution in [0.25, 0.3) is 0 Å². The van der Waals surface area contributed by atoms with Crippen molar-refractivity contribution in [1.29, 1.82) is 0 Å². The summed E-state index contributed by atoms with van der Waals surface area (Å²) in [6.45, 7) is 4.83. The summed E-state index contributed by atoms with van der Waals surface area (Å²) in [5.74, 6) is -0.0575. The number of hydrogen-bond donors (Lipinski definition) is 1. The smallest absolute Gasteiger partial charge is 0.252 e. The number of aryl methyl sites for hydroxylation is 1. The number of aromatic nitrogens is 2. The maximum atomic E-state index is 11.9. The summed E-state index contributed by atoms with van der Waals surface area (Å²) in [5, 5.41) is 12.4. The maximum absolute atomic E-state index is 11.9. The topological polar surface area (TPSA) is 64.1 Å². The highest BCUT2D eigenvalue weighted by molar-refractivity contribution is 7.11. The summed E-state index contributed by atoms with van der Waals surface area (Å²) in [4.78, 5) is 11.9. The third-order valence-corrected chi connectivity index (χ3v) is 3.51. The maximum Gasteiger partial charge on any atom is 0.252 e. The van der Waals surface area contributed by atoms with Crippen LogP contribution in [0.1, 0.15) is 29.8 Å². The Morgan fingerprint density at radius 3 is 3.00 bits per heavy atom. The summed E-state index contributed by atoms with van der Waals surface area (Å²) in [5.41, 5.74) is -0.653. The third-order valence-electron chi connectivity index (χ3n) is 2.67. The van der Waals surface area contributed by atoms with Crippen LogP contribution in [0.2, 0.25) is 0 Å². The van der Waals surface area contributed by atoms with Crippen LogP contribution in [0.15, 0.2) is 0 Å². The zero-order valence-corrected chi connectivity index (χ0v) is 10.3. The molecule has 0 spiro atoms. The van der Waals surface area contributed by atoms with Crippen LogP contribution in [0.4, 0.5) is 0 Å². The number of carbonyl (C=O) groups is 1. The van der Waals surface area contributed by atoms with E-state index in [0.29, 0.717) is 13.2 Å². The van der Waals surface area contributed by atoms with Gasteiger partial charge in [-0.3, -0.25) is 4.79 Å². The number of nitrogens with zero attached hydrogens (tertiary/aromatic N) is 2. The van der Waals surface area contributed by atoms with E-state index >= 15 is 0 Å². The molecule has 0 saturated carbocycles. The van der Waals surface area contributed by atoms with E-state index in [1.165, 1.54) is 11.3 Å². The summed E-state index contributed by atoms with van der Waals surface area (Å²) in [7, 11) is 0. The van der Waals surface area contributed by atoms with Crippen LogP contribution in [0.3, 0.4) is 0 Å². The van der Waals surface area contributed by atoms with Crippen molar-refractivity contribution in [2.75, 3.05) is 6.61 Å². The van der Waals surface area contributed by atoms with Crippen molar-refractivity contribution in [3.63, 3.8) is 0 Å². The molecule has 1 aromatic heterocycles. The largest absolute Gasteiger partial charge is 0.365 e. The second-order valence-electron chi connectivity index (χ2n) is 4.08. The first-order chi connectivity index (χ1) is 7.60. The fraction of sp³-hybridized carbons (Fsp3) is 0.700. The molecule has 88 valence electrons. The lowest BCUT2D eigenvalue weighted by Crippen LogP contribution is -2.43. The molecule has 0 radical (unpaired) electrons. The fourth-order valence-corrected chi connectivity index (χ4v) is 2.36. The normalized spacial score (nSPS) is 24.6. The standard InChI is InChI=1S/C10H15N3O2S/c1-7-12-13-8(16-7)6-11-9(14)10(2)4-3-5-15-10/h3-6H2,1-2H3,(H,11,14)/t10-/m0/s1. The second-order valence-corrected chi connectivity index (χ2v) is 5.35. The van der Waals surface area contributed by atoms with Gasteiger partial charge in [-0.25, -0.2) is 0 Å². The van der Waals surface area contributed by atoms with Gasteiger partial charge in [-0.1, -0.05) is 11.3 Å². The lowest BCUT2D eigenvalue weighted by atomic mass is 10.0. The Kier molecular flexibility index (Phi) is 3.20. The Hall–Kier alpha value is -1.01. The van der Waals surface area contributed by atoms with E-state index in [1.54, 1.807) is 0 Å². The highest BCUT2D eigenvalue weighted by atomic mass is 32.1. The fourth-order valence-electron chi connectivity index (χ4n) is 1.71. The van der Waals surface area contributed by atoms with Gasteiger partial charge in [-0.2, -0.15) is 0 Å². The molecule has 0 unspecified atom stereocenters. The van der Waals surface area contributed by atoms with E-state index < -0.39 is 5.60 Å². The number of nitrogens with one attached hydrogen (secondary N) is 1. The van der Waals surface area contributed by atoms with E-state index in [9.17, 15) is 4.79 Å². The molecule has 1 aliphatic heterocycles. The van der Waals surface area contributed by atoms with E-state index in [-0.39, 0.29) is 5.91 Å². The van der Waals surface area contributed by atoms with Crippen molar-refractivity contribution in [3.05, 3.63) is 10.0 Å². The molecule has 1 aromatic rings. The highest BCUT2D eigenvalue weighted by Gasteiger charge is 2.37. The lowest BCUT2D eigenvalue weighted by molar-refractivity contribution is -0.139. The third kappa shape index (κ3) is 2.38. The SMILES string of the molecule is Cc1nnc(CNC(=O)[C@]2(C)CCCO2)s1. The number of hydrogen-bond acceptors (Lipinski definition) is 5. The van der Waals surface area contributed by atoms with Crippen LogP contribution >= 0.6 is 11.3 Å². The van der Waals surface area contributed by atoms with E-state index in [1.807, 2.05) is 13.8 Å². The minimum atomic E-state index is -0.653. The molecular formula is C10H15N3O2S. The van der Waals surface area contributed by atoms with Crippen molar-refractivity contribution in [3.8, 4) is 0 Å². The number of amides is 1. The number of rotatable bonds is 3. The highest BCUT2D eigenvalue weighted by Crippen LogP contribution is 2.25. The number of ether oxygens (including phenoxy) is 1. The predicted octanol–water partition coefficient (Wildman–Crippen LogP) is 1.03. The molecule has 0 bridgehead atoms. The first-order valence-electron chi connectivity index (χ1n) is 5.31. The molecule has 1 N–H and O–H groups in total. The molecule has 5 nitrogen and oxygen atoms in total. The average molecular weight is 241 g/mol. The van der Waals surface area contributed by atoms with Gasteiger partial charge in [0.1, 0.15) is 15.6 Å². The quantitative estimate of drug-likeness (QED) is 0.858. The van der Waals surface area contributed by atoms with Gasteiger partial charge in [-0.05, 0) is 26.7 Å². The summed E-state index contributed by atoms with van der Waals surface area (Å²) >= 11 is 1.49. The van der Waals surface area contributed by atoms with Gasteiger partial charge in [-0.15, -0.1) is 10.2 Å². The van der Waals surface area contributed by atoms with E-state index in [2.05, 4.69) is 15.5 Å². The Morgan fingerprint density at radius 1 is 1.62 bits per heavy atom. The lowest BCUT2D eigenvalue weighted by Gasteiger charge is -2.21. The van der Waals surface area contributed by atoms with Crippen LogP contribution in [0.5, 0.6) is 0 Å². The molecule has 1 saturated heterocycles. The zero-order chi connectivity index (χ0) is 11.6. The molecule has 16 heavy (non-hydrogen) atoms. The molecular weight excluding hydrogens is 226 g/mol.